The minimum atomic E-state index is -3.61. The molecule has 0 aliphatic heterocycles. The van der Waals surface area contributed by atoms with Crippen molar-refractivity contribution in [2.45, 2.75) is 44.6 Å². The highest BCUT2D eigenvalue weighted by molar-refractivity contribution is 7.89. The molecule has 112 valence electrons. The molecule has 0 heterocycles. The molecule has 0 aliphatic rings. The summed E-state index contributed by atoms with van der Waals surface area (Å²) in [6.07, 6.45) is 1.47. The van der Waals surface area contributed by atoms with Gasteiger partial charge in [0.2, 0.25) is 10.0 Å². The van der Waals surface area contributed by atoms with Crippen LogP contribution in [0.1, 0.15) is 33.6 Å². The highest BCUT2D eigenvalue weighted by Crippen LogP contribution is 2.23. The number of nitro benzene ring substituents is 1. The van der Waals surface area contributed by atoms with Crippen LogP contribution in [0.3, 0.4) is 0 Å². The van der Waals surface area contributed by atoms with E-state index in [2.05, 4.69) is 0 Å². The predicted octanol–water partition coefficient (Wildman–Crippen LogP) is 2.79. The fourth-order valence-electron chi connectivity index (χ4n) is 2.20. The maximum absolute atomic E-state index is 12.6. The van der Waals surface area contributed by atoms with Crippen molar-refractivity contribution in [3.05, 3.63) is 34.4 Å². The van der Waals surface area contributed by atoms with Gasteiger partial charge in [0.1, 0.15) is 0 Å². The van der Waals surface area contributed by atoms with Crippen molar-refractivity contribution in [2.75, 3.05) is 6.54 Å². The molecule has 0 aromatic heterocycles. The first-order chi connectivity index (χ1) is 9.38. The second-order valence-corrected chi connectivity index (χ2v) is 6.32. The minimum Gasteiger partial charge on any atom is -0.258 e. The number of sulfonamides is 1. The van der Waals surface area contributed by atoms with E-state index in [0.717, 1.165) is 12.8 Å². The van der Waals surface area contributed by atoms with Gasteiger partial charge in [-0.2, -0.15) is 4.31 Å². The van der Waals surface area contributed by atoms with Gasteiger partial charge >= 0.3 is 0 Å². The molecule has 7 heteroatoms. The third-order valence-electron chi connectivity index (χ3n) is 3.32. The lowest BCUT2D eigenvalue weighted by Crippen LogP contribution is -2.39. The molecule has 1 aromatic rings. The van der Waals surface area contributed by atoms with Gasteiger partial charge in [-0.25, -0.2) is 8.42 Å². The predicted molar refractivity (Wildman–Crippen MR) is 77.0 cm³/mol. The Morgan fingerprint density at radius 2 is 1.65 bits per heavy atom. The lowest BCUT2D eigenvalue weighted by Gasteiger charge is -2.28. The molecule has 1 aromatic carbocycles. The summed E-state index contributed by atoms with van der Waals surface area (Å²) in [6.45, 7) is 6.07. The van der Waals surface area contributed by atoms with Crippen LogP contribution in [-0.4, -0.2) is 30.2 Å². The van der Waals surface area contributed by atoms with Crippen LogP contribution in [-0.2, 0) is 10.0 Å². The van der Waals surface area contributed by atoms with Gasteiger partial charge in [0.15, 0.2) is 0 Å². The molecule has 0 saturated heterocycles. The Balaban J connectivity index is 3.16. The molecular formula is C13H20N2O4S. The first-order valence-electron chi connectivity index (χ1n) is 6.64. The minimum absolute atomic E-state index is 0.0554. The van der Waals surface area contributed by atoms with E-state index in [1.165, 1.54) is 28.6 Å². The van der Waals surface area contributed by atoms with Gasteiger partial charge in [-0.15, -0.1) is 0 Å². The van der Waals surface area contributed by atoms with Crippen molar-refractivity contribution in [2.24, 2.45) is 0 Å². The van der Waals surface area contributed by atoms with Crippen LogP contribution < -0.4 is 0 Å². The zero-order valence-corrected chi connectivity index (χ0v) is 12.8. The van der Waals surface area contributed by atoms with E-state index in [1.807, 2.05) is 13.8 Å². The monoisotopic (exact) mass is 300 g/mol. The molecule has 0 radical (unpaired) electrons. The Morgan fingerprint density at radius 3 is 2.00 bits per heavy atom. The van der Waals surface area contributed by atoms with Crippen molar-refractivity contribution in [1.82, 2.24) is 4.31 Å². The van der Waals surface area contributed by atoms with E-state index in [1.54, 1.807) is 6.92 Å². The quantitative estimate of drug-likeness (QED) is 0.573. The number of nitro groups is 1. The standard InChI is InChI=1S/C13H20N2O4S/c1-4-11(5-2)14(6-3)20(18,19)13-9-7-12(8-10-13)15(16)17/h7-11H,4-6H2,1-3H3. The molecule has 0 spiro atoms. The van der Waals surface area contributed by atoms with Crippen LogP contribution in [0.5, 0.6) is 0 Å². The van der Waals surface area contributed by atoms with Crippen molar-refractivity contribution < 1.29 is 13.3 Å². The van der Waals surface area contributed by atoms with Gasteiger partial charge in [-0.05, 0) is 25.0 Å². The van der Waals surface area contributed by atoms with E-state index in [4.69, 9.17) is 0 Å². The largest absolute Gasteiger partial charge is 0.269 e. The third kappa shape index (κ3) is 3.34. The Kier molecular flexibility index (Phi) is 5.64. The Hall–Kier alpha value is -1.47. The van der Waals surface area contributed by atoms with Crippen molar-refractivity contribution in [3.8, 4) is 0 Å². The maximum Gasteiger partial charge on any atom is 0.269 e. The van der Waals surface area contributed by atoms with Crippen LogP contribution >= 0.6 is 0 Å². The molecule has 1 rings (SSSR count). The number of hydrogen-bond donors (Lipinski definition) is 0. The molecule has 0 fully saturated rings. The molecular weight excluding hydrogens is 280 g/mol. The summed E-state index contributed by atoms with van der Waals surface area (Å²) in [5, 5.41) is 10.6. The summed E-state index contributed by atoms with van der Waals surface area (Å²) in [6, 6.07) is 4.96. The number of nitrogens with zero attached hydrogens (tertiary/aromatic N) is 2. The normalized spacial score (nSPS) is 12.1. The van der Waals surface area contributed by atoms with Gasteiger partial charge in [0.05, 0.1) is 9.82 Å². The molecule has 0 saturated carbocycles. The number of benzene rings is 1. The first-order valence-corrected chi connectivity index (χ1v) is 8.08. The van der Waals surface area contributed by atoms with E-state index >= 15 is 0 Å². The third-order valence-corrected chi connectivity index (χ3v) is 5.36. The Bertz CT molecular complexity index is 550. The highest BCUT2D eigenvalue weighted by Gasteiger charge is 2.28. The van der Waals surface area contributed by atoms with E-state index in [0.29, 0.717) is 6.54 Å². The summed E-state index contributed by atoms with van der Waals surface area (Å²) < 4.78 is 26.6. The first kappa shape index (κ1) is 16.6. The lowest BCUT2D eigenvalue weighted by molar-refractivity contribution is -0.384. The second-order valence-electron chi connectivity index (χ2n) is 4.43. The Morgan fingerprint density at radius 1 is 1.15 bits per heavy atom. The van der Waals surface area contributed by atoms with Crippen LogP contribution in [0.25, 0.3) is 0 Å². The van der Waals surface area contributed by atoms with Crippen molar-refractivity contribution in [3.63, 3.8) is 0 Å². The molecule has 0 aliphatic carbocycles. The second kappa shape index (κ2) is 6.81. The number of hydrogen-bond acceptors (Lipinski definition) is 4. The maximum atomic E-state index is 12.6. The van der Waals surface area contributed by atoms with Crippen LogP contribution in [0, 0.1) is 10.1 Å². The van der Waals surface area contributed by atoms with Crippen molar-refractivity contribution >= 4 is 15.7 Å². The van der Waals surface area contributed by atoms with Crippen LogP contribution in [0.4, 0.5) is 5.69 Å². The van der Waals surface area contributed by atoms with E-state index in [9.17, 15) is 18.5 Å². The van der Waals surface area contributed by atoms with Gasteiger partial charge in [-0.1, -0.05) is 20.8 Å². The molecule has 6 nitrogen and oxygen atoms in total. The molecule has 20 heavy (non-hydrogen) atoms. The molecule has 0 unspecified atom stereocenters. The number of non-ortho nitro benzene ring substituents is 1. The fourth-order valence-corrected chi connectivity index (χ4v) is 3.98. The summed E-state index contributed by atoms with van der Waals surface area (Å²) in [5.41, 5.74) is -0.116. The molecule has 0 N–H and O–H groups in total. The molecule has 0 atom stereocenters. The van der Waals surface area contributed by atoms with E-state index < -0.39 is 14.9 Å². The zero-order valence-electron chi connectivity index (χ0n) is 11.9. The summed E-state index contributed by atoms with van der Waals surface area (Å²) in [4.78, 5) is 10.1. The van der Waals surface area contributed by atoms with Crippen LogP contribution in [0.2, 0.25) is 0 Å². The smallest absolute Gasteiger partial charge is 0.258 e. The van der Waals surface area contributed by atoms with Crippen LogP contribution in [0.15, 0.2) is 29.2 Å². The van der Waals surface area contributed by atoms with Gasteiger partial charge in [0, 0.05) is 24.7 Å². The SMILES string of the molecule is CCC(CC)N(CC)S(=O)(=O)c1ccc([N+](=O)[O-])cc1. The summed E-state index contributed by atoms with van der Waals surface area (Å²) in [5.74, 6) is 0. The topological polar surface area (TPSA) is 80.5 Å². The summed E-state index contributed by atoms with van der Waals surface area (Å²) >= 11 is 0. The van der Waals surface area contributed by atoms with Gasteiger partial charge in [0.25, 0.3) is 5.69 Å². The highest BCUT2D eigenvalue weighted by atomic mass is 32.2. The molecule has 0 bridgehead atoms. The van der Waals surface area contributed by atoms with Gasteiger partial charge in [-0.3, -0.25) is 10.1 Å². The fraction of sp³-hybridized carbons (Fsp3) is 0.538. The number of rotatable bonds is 7. The molecule has 0 amide bonds. The average molecular weight is 300 g/mol. The summed E-state index contributed by atoms with van der Waals surface area (Å²) in [7, 11) is -3.61. The average Bonchev–Trinajstić information content (AvgIpc) is 2.44. The lowest BCUT2D eigenvalue weighted by atomic mass is 10.2. The van der Waals surface area contributed by atoms with Crippen molar-refractivity contribution in [1.29, 1.82) is 0 Å². The van der Waals surface area contributed by atoms with E-state index in [-0.39, 0.29) is 16.6 Å². The Labute approximate surface area is 119 Å². The zero-order chi connectivity index (χ0) is 15.3. The van der Waals surface area contributed by atoms with Gasteiger partial charge < -0.3 is 0 Å².